The number of nitrogens with one attached hydrogen (secondary N) is 1. The summed E-state index contributed by atoms with van der Waals surface area (Å²) in [6.07, 6.45) is 0. The monoisotopic (exact) mass is 495 g/mol. The van der Waals surface area contributed by atoms with Gasteiger partial charge in [0, 0.05) is 20.0 Å². The summed E-state index contributed by atoms with van der Waals surface area (Å²) in [5.41, 5.74) is 1.11. The molecule has 0 spiro atoms. The Morgan fingerprint density at radius 3 is 2.43 bits per heavy atom. The average Bonchev–Trinajstić information content (AvgIpc) is 2.41. The summed E-state index contributed by atoms with van der Waals surface area (Å²) >= 11 is 16.0. The van der Waals surface area contributed by atoms with Crippen LogP contribution in [0.2, 0.25) is 5.02 Å². The first-order valence-corrected chi connectivity index (χ1v) is 8.47. The quantitative estimate of drug-likeness (QED) is 0.574. The Bertz CT molecular complexity index is 707. The van der Waals surface area contributed by atoms with Crippen LogP contribution in [0.5, 0.6) is 5.75 Å². The molecule has 0 unspecified atom stereocenters. The van der Waals surface area contributed by atoms with Crippen molar-refractivity contribution >= 4 is 71.0 Å². The largest absolute Gasteiger partial charge is 0.495 e. The molecule has 0 saturated carbocycles. The molecular weight excluding hydrogens is 489 g/mol. The van der Waals surface area contributed by atoms with Crippen molar-refractivity contribution in [2.75, 3.05) is 12.4 Å². The van der Waals surface area contributed by atoms with Gasteiger partial charge in [0.2, 0.25) is 0 Å². The first kappa shape index (κ1) is 16.8. The predicted molar refractivity (Wildman–Crippen MR) is 95.5 cm³/mol. The molecule has 0 atom stereocenters. The Balaban J connectivity index is 2.31. The molecule has 0 aromatic heterocycles. The summed E-state index contributed by atoms with van der Waals surface area (Å²) in [5.74, 6) is 0.382. The lowest BCUT2D eigenvalue weighted by Crippen LogP contribution is -2.13. The fourth-order valence-corrected chi connectivity index (χ4v) is 3.76. The Kier molecular flexibility index (Phi) is 5.71. The fourth-order valence-electron chi connectivity index (χ4n) is 1.64. The number of rotatable bonds is 3. The van der Waals surface area contributed by atoms with Crippen LogP contribution < -0.4 is 10.1 Å². The molecule has 2 aromatic carbocycles. The van der Waals surface area contributed by atoms with E-state index in [1.807, 2.05) is 6.07 Å². The second-order valence-electron chi connectivity index (χ2n) is 4.04. The van der Waals surface area contributed by atoms with Gasteiger partial charge in [0.05, 0.1) is 22.8 Å². The zero-order chi connectivity index (χ0) is 15.6. The number of hydrogen-bond acceptors (Lipinski definition) is 2. The fraction of sp³-hybridized carbons (Fsp3) is 0.0714. The van der Waals surface area contributed by atoms with Gasteiger partial charge in [-0.2, -0.15) is 0 Å². The molecule has 2 rings (SSSR count). The first-order chi connectivity index (χ1) is 9.92. The molecule has 0 bridgehead atoms. The number of carbonyl (C=O) groups excluding carboxylic acids is 1. The lowest BCUT2D eigenvalue weighted by molar-refractivity contribution is 0.102. The van der Waals surface area contributed by atoms with Crippen molar-refractivity contribution < 1.29 is 9.53 Å². The third kappa shape index (κ3) is 4.00. The highest BCUT2D eigenvalue weighted by molar-refractivity contribution is 9.11. The maximum atomic E-state index is 12.3. The molecule has 0 aliphatic rings. The van der Waals surface area contributed by atoms with Gasteiger partial charge in [0.15, 0.2) is 0 Å². The van der Waals surface area contributed by atoms with Crippen molar-refractivity contribution in [3.63, 3.8) is 0 Å². The second kappa shape index (κ2) is 7.13. The van der Waals surface area contributed by atoms with Crippen LogP contribution in [0.25, 0.3) is 0 Å². The number of anilines is 1. The molecule has 0 radical (unpaired) electrons. The molecule has 0 heterocycles. The molecule has 0 saturated heterocycles. The molecule has 7 heteroatoms. The molecule has 3 nitrogen and oxygen atoms in total. The molecule has 1 amide bonds. The van der Waals surface area contributed by atoms with Crippen molar-refractivity contribution in [1.82, 2.24) is 0 Å². The van der Waals surface area contributed by atoms with Crippen LogP contribution in [0.1, 0.15) is 10.4 Å². The van der Waals surface area contributed by atoms with Crippen LogP contribution in [0.4, 0.5) is 5.69 Å². The summed E-state index contributed by atoms with van der Waals surface area (Å²) in [5, 5.41) is 3.39. The Morgan fingerprint density at radius 2 is 1.81 bits per heavy atom. The van der Waals surface area contributed by atoms with Gasteiger partial charge in [0.1, 0.15) is 5.75 Å². The molecule has 110 valence electrons. The number of ether oxygens (including phenoxy) is 1. The van der Waals surface area contributed by atoms with Crippen molar-refractivity contribution in [1.29, 1.82) is 0 Å². The highest BCUT2D eigenvalue weighted by Crippen LogP contribution is 2.35. The minimum Gasteiger partial charge on any atom is -0.495 e. The van der Waals surface area contributed by atoms with Crippen LogP contribution in [-0.4, -0.2) is 13.0 Å². The van der Waals surface area contributed by atoms with Gasteiger partial charge < -0.3 is 10.1 Å². The van der Waals surface area contributed by atoms with E-state index < -0.39 is 0 Å². The van der Waals surface area contributed by atoms with Gasteiger partial charge in [-0.1, -0.05) is 11.6 Å². The summed E-state index contributed by atoms with van der Waals surface area (Å²) in [7, 11) is 1.56. The van der Waals surface area contributed by atoms with E-state index in [0.29, 0.717) is 26.5 Å². The smallest absolute Gasteiger partial charge is 0.256 e. The molecule has 21 heavy (non-hydrogen) atoms. The van der Waals surface area contributed by atoms with E-state index in [0.717, 1.165) is 8.95 Å². The molecule has 0 aliphatic heterocycles. The SMILES string of the molecule is COc1cc(NC(=O)c2ccc(Cl)cc2Br)c(Br)cc1Br. The summed E-state index contributed by atoms with van der Waals surface area (Å²) in [6.45, 7) is 0. The number of hydrogen-bond donors (Lipinski definition) is 1. The summed E-state index contributed by atoms with van der Waals surface area (Å²) in [4.78, 5) is 12.3. The Morgan fingerprint density at radius 1 is 1.10 bits per heavy atom. The number of methoxy groups -OCH3 is 1. The Labute approximate surface area is 152 Å². The van der Waals surface area contributed by atoms with Crippen LogP contribution >= 0.6 is 59.4 Å². The lowest BCUT2D eigenvalue weighted by Gasteiger charge is -2.12. The zero-order valence-electron chi connectivity index (χ0n) is 10.7. The first-order valence-electron chi connectivity index (χ1n) is 5.72. The highest BCUT2D eigenvalue weighted by Gasteiger charge is 2.14. The van der Waals surface area contributed by atoms with E-state index in [1.54, 1.807) is 31.4 Å². The van der Waals surface area contributed by atoms with Crippen LogP contribution in [0.15, 0.2) is 43.7 Å². The third-order valence-corrected chi connectivity index (χ3v) is 4.83. The van der Waals surface area contributed by atoms with Crippen molar-refractivity contribution in [3.8, 4) is 5.75 Å². The van der Waals surface area contributed by atoms with Gasteiger partial charge in [0.25, 0.3) is 5.91 Å². The van der Waals surface area contributed by atoms with Gasteiger partial charge in [-0.25, -0.2) is 0 Å². The molecular formula is C14H9Br3ClNO2. The van der Waals surface area contributed by atoms with E-state index in [9.17, 15) is 4.79 Å². The topological polar surface area (TPSA) is 38.3 Å². The normalized spacial score (nSPS) is 10.3. The minimum absolute atomic E-state index is 0.247. The number of halogens is 4. The maximum Gasteiger partial charge on any atom is 0.256 e. The number of amides is 1. The van der Waals surface area contributed by atoms with Crippen LogP contribution in [-0.2, 0) is 0 Å². The highest BCUT2D eigenvalue weighted by atomic mass is 79.9. The second-order valence-corrected chi connectivity index (χ2v) is 7.04. The van der Waals surface area contributed by atoms with Gasteiger partial charge in [-0.15, -0.1) is 0 Å². The van der Waals surface area contributed by atoms with E-state index in [1.165, 1.54) is 0 Å². The maximum absolute atomic E-state index is 12.3. The van der Waals surface area contributed by atoms with Crippen LogP contribution in [0.3, 0.4) is 0 Å². The average molecular weight is 498 g/mol. The van der Waals surface area contributed by atoms with E-state index in [2.05, 4.69) is 53.1 Å². The van der Waals surface area contributed by atoms with Gasteiger partial charge >= 0.3 is 0 Å². The van der Waals surface area contributed by atoms with Crippen molar-refractivity contribution in [2.45, 2.75) is 0 Å². The zero-order valence-corrected chi connectivity index (χ0v) is 16.2. The van der Waals surface area contributed by atoms with Crippen LogP contribution in [0, 0.1) is 0 Å². The number of benzene rings is 2. The Hall–Kier alpha value is -0.560. The predicted octanol–water partition coefficient (Wildman–Crippen LogP) is 5.89. The lowest BCUT2D eigenvalue weighted by atomic mass is 10.2. The van der Waals surface area contributed by atoms with Crippen molar-refractivity contribution in [2.24, 2.45) is 0 Å². The van der Waals surface area contributed by atoms with Gasteiger partial charge in [-0.3, -0.25) is 4.79 Å². The van der Waals surface area contributed by atoms with E-state index in [4.69, 9.17) is 16.3 Å². The third-order valence-electron chi connectivity index (χ3n) is 2.67. The number of carbonyl (C=O) groups is 1. The standard InChI is InChI=1S/C14H9Br3ClNO2/c1-21-13-6-12(10(16)5-11(13)17)19-14(20)8-3-2-7(18)4-9(8)15/h2-6H,1H3,(H,19,20). The van der Waals surface area contributed by atoms with Gasteiger partial charge in [-0.05, 0) is 72.1 Å². The molecule has 1 N–H and O–H groups in total. The molecule has 2 aromatic rings. The summed E-state index contributed by atoms with van der Waals surface area (Å²) in [6, 6.07) is 8.54. The van der Waals surface area contributed by atoms with E-state index in [-0.39, 0.29) is 5.91 Å². The minimum atomic E-state index is -0.247. The summed E-state index contributed by atoms with van der Waals surface area (Å²) < 4.78 is 7.39. The molecule has 0 aliphatic carbocycles. The van der Waals surface area contributed by atoms with Crippen molar-refractivity contribution in [3.05, 3.63) is 54.3 Å². The molecule has 0 fully saturated rings. The van der Waals surface area contributed by atoms with E-state index >= 15 is 0 Å².